The molecule has 0 radical (unpaired) electrons. The largest absolute Gasteiger partial charge is 0.469 e. The normalized spacial score (nSPS) is 30.1. The SMILES string of the molecule is OC[C@@H](O)[C@@H]1O/C(=N\Nc2ccccc2)[C@H](O)[C@H]1O. The van der Waals surface area contributed by atoms with E-state index < -0.39 is 31.0 Å². The van der Waals surface area contributed by atoms with E-state index in [1.807, 2.05) is 18.2 Å². The summed E-state index contributed by atoms with van der Waals surface area (Å²) in [6.45, 7) is -0.576. The van der Waals surface area contributed by atoms with Crippen molar-refractivity contribution in [3.05, 3.63) is 30.3 Å². The van der Waals surface area contributed by atoms with Gasteiger partial charge in [0.2, 0.25) is 5.90 Å². The second kappa shape index (κ2) is 5.98. The number of aliphatic hydroxyl groups is 4. The van der Waals surface area contributed by atoms with Crippen molar-refractivity contribution in [1.82, 2.24) is 0 Å². The summed E-state index contributed by atoms with van der Waals surface area (Å²) in [5.41, 5.74) is 3.35. The minimum absolute atomic E-state index is 0.131. The predicted molar refractivity (Wildman–Crippen MR) is 67.5 cm³/mol. The van der Waals surface area contributed by atoms with E-state index in [1.165, 1.54) is 0 Å². The van der Waals surface area contributed by atoms with Crippen LogP contribution in [0.25, 0.3) is 0 Å². The molecule has 7 heteroatoms. The molecular formula is C12H16N2O5. The summed E-state index contributed by atoms with van der Waals surface area (Å²) in [5, 5.41) is 41.5. The molecule has 0 amide bonds. The molecule has 0 bridgehead atoms. The highest BCUT2D eigenvalue weighted by atomic mass is 16.6. The van der Waals surface area contributed by atoms with Gasteiger partial charge in [0.1, 0.15) is 12.2 Å². The number of anilines is 1. The van der Waals surface area contributed by atoms with E-state index in [-0.39, 0.29) is 5.90 Å². The molecule has 0 aromatic heterocycles. The molecule has 1 aliphatic rings. The van der Waals surface area contributed by atoms with Crippen LogP contribution < -0.4 is 5.43 Å². The van der Waals surface area contributed by atoms with Crippen LogP contribution in [0.5, 0.6) is 0 Å². The van der Waals surface area contributed by atoms with Crippen LogP contribution in [0.3, 0.4) is 0 Å². The van der Waals surface area contributed by atoms with Crippen LogP contribution in [0.1, 0.15) is 0 Å². The number of hydrogen-bond donors (Lipinski definition) is 5. The Balaban J connectivity index is 2.05. The molecule has 1 aromatic rings. The van der Waals surface area contributed by atoms with Crippen LogP contribution >= 0.6 is 0 Å². The highest BCUT2D eigenvalue weighted by Gasteiger charge is 2.44. The maximum Gasteiger partial charge on any atom is 0.238 e. The van der Waals surface area contributed by atoms with E-state index in [9.17, 15) is 15.3 Å². The van der Waals surface area contributed by atoms with Crippen molar-refractivity contribution in [1.29, 1.82) is 0 Å². The number of aliphatic hydroxyl groups excluding tert-OH is 4. The van der Waals surface area contributed by atoms with Gasteiger partial charge in [-0.15, -0.1) is 5.10 Å². The van der Waals surface area contributed by atoms with Gasteiger partial charge in [0, 0.05) is 0 Å². The lowest BCUT2D eigenvalue weighted by molar-refractivity contribution is -0.0589. The standard InChI is InChI=1S/C12H16N2O5/c15-6-8(16)11-9(17)10(18)12(19-11)14-13-7-4-2-1-3-5-7/h1-5,8-11,13,15-18H,6H2/b14-12-/t8-,9-,10-,11+/m1/s1. The number of hydrogen-bond acceptors (Lipinski definition) is 7. The Morgan fingerprint density at radius 3 is 2.58 bits per heavy atom. The summed E-state index contributed by atoms with van der Waals surface area (Å²) in [4.78, 5) is 0. The Kier molecular flexibility index (Phi) is 4.33. The maximum atomic E-state index is 9.71. The summed E-state index contributed by atoms with van der Waals surface area (Å²) in [7, 11) is 0. The third-order valence-corrected chi connectivity index (χ3v) is 2.81. The zero-order valence-corrected chi connectivity index (χ0v) is 10.0. The predicted octanol–water partition coefficient (Wildman–Crippen LogP) is -1.11. The first-order chi connectivity index (χ1) is 9.13. The van der Waals surface area contributed by atoms with Crippen molar-refractivity contribution < 1.29 is 25.2 Å². The van der Waals surface area contributed by atoms with E-state index in [4.69, 9.17) is 9.84 Å². The maximum absolute atomic E-state index is 9.71. The zero-order chi connectivity index (χ0) is 13.8. The van der Waals surface area contributed by atoms with Crippen molar-refractivity contribution in [2.45, 2.75) is 24.4 Å². The molecular weight excluding hydrogens is 252 g/mol. The summed E-state index contributed by atoms with van der Waals surface area (Å²) in [6.07, 6.45) is -5.06. The molecule has 1 aliphatic heterocycles. The first-order valence-electron chi connectivity index (χ1n) is 5.84. The Labute approximate surface area is 109 Å². The second-order valence-electron chi connectivity index (χ2n) is 4.20. The molecule has 0 saturated carbocycles. The van der Waals surface area contributed by atoms with Gasteiger partial charge in [-0.1, -0.05) is 18.2 Å². The molecule has 0 spiro atoms. The van der Waals surface area contributed by atoms with Crippen molar-refractivity contribution in [2.75, 3.05) is 12.0 Å². The molecule has 4 atom stereocenters. The third kappa shape index (κ3) is 3.02. The average Bonchev–Trinajstić information content (AvgIpc) is 2.73. The fraction of sp³-hybridized carbons (Fsp3) is 0.417. The molecule has 1 heterocycles. The van der Waals surface area contributed by atoms with Gasteiger partial charge >= 0.3 is 0 Å². The fourth-order valence-electron chi connectivity index (χ4n) is 1.74. The second-order valence-corrected chi connectivity index (χ2v) is 4.20. The Bertz CT molecular complexity index is 439. The van der Waals surface area contributed by atoms with Crippen LogP contribution in [-0.4, -0.2) is 57.3 Å². The minimum Gasteiger partial charge on any atom is -0.469 e. The number of benzene rings is 1. The van der Waals surface area contributed by atoms with E-state index in [0.717, 1.165) is 0 Å². The molecule has 0 unspecified atom stereocenters. The van der Waals surface area contributed by atoms with Crippen molar-refractivity contribution >= 4 is 11.6 Å². The van der Waals surface area contributed by atoms with Crippen LogP contribution in [-0.2, 0) is 4.74 Å². The van der Waals surface area contributed by atoms with Gasteiger partial charge in [0.05, 0.1) is 12.3 Å². The van der Waals surface area contributed by atoms with Gasteiger partial charge < -0.3 is 25.2 Å². The summed E-state index contributed by atoms with van der Waals surface area (Å²) in [6, 6.07) is 8.99. The number of rotatable bonds is 4. The first kappa shape index (κ1) is 13.8. The van der Waals surface area contributed by atoms with Crippen LogP contribution in [0, 0.1) is 0 Å². The van der Waals surface area contributed by atoms with E-state index >= 15 is 0 Å². The summed E-state index contributed by atoms with van der Waals surface area (Å²) >= 11 is 0. The first-order valence-corrected chi connectivity index (χ1v) is 5.84. The van der Waals surface area contributed by atoms with Crippen molar-refractivity contribution in [2.24, 2.45) is 5.10 Å². The summed E-state index contributed by atoms with van der Waals surface area (Å²) < 4.78 is 5.14. The lowest BCUT2D eigenvalue weighted by Crippen LogP contribution is -2.40. The number of ether oxygens (including phenoxy) is 1. The van der Waals surface area contributed by atoms with Crippen molar-refractivity contribution in [3.63, 3.8) is 0 Å². The van der Waals surface area contributed by atoms with E-state index in [2.05, 4.69) is 10.5 Å². The van der Waals surface area contributed by atoms with Crippen molar-refractivity contribution in [3.8, 4) is 0 Å². The number of hydrazone groups is 1. The lowest BCUT2D eigenvalue weighted by Gasteiger charge is -2.17. The van der Waals surface area contributed by atoms with Gasteiger partial charge in [0.15, 0.2) is 12.2 Å². The number of para-hydroxylation sites is 1. The highest BCUT2D eigenvalue weighted by Crippen LogP contribution is 2.20. The molecule has 1 aromatic carbocycles. The topological polar surface area (TPSA) is 115 Å². The Morgan fingerprint density at radius 2 is 1.95 bits per heavy atom. The van der Waals surface area contributed by atoms with Gasteiger partial charge in [-0.25, -0.2) is 0 Å². The average molecular weight is 268 g/mol. The van der Waals surface area contributed by atoms with Gasteiger partial charge in [-0.05, 0) is 12.1 Å². The lowest BCUT2D eigenvalue weighted by atomic mass is 10.1. The molecule has 104 valence electrons. The Morgan fingerprint density at radius 1 is 1.26 bits per heavy atom. The fourth-order valence-corrected chi connectivity index (χ4v) is 1.74. The third-order valence-electron chi connectivity index (χ3n) is 2.81. The molecule has 1 saturated heterocycles. The quantitative estimate of drug-likeness (QED) is 0.442. The zero-order valence-electron chi connectivity index (χ0n) is 10.0. The number of nitrogens with zero attached hydrogens (tertiary/aromatic N) is 1. The smallest absolute Gasteiger partial charge is 0.238 e. The van der Waals surface area contributed by atoms with Crippen LogP contribution in [0.2, 0.25) is 0 Å². The van der Waals surface area contributed by atoms with Gasteiger partial charge in [0.25, 0.3) is 0 Å². The highest BCUT2D eigenvalue weighted by molar-refractivity contribution is 5.84. The summed E-state index contributed by atoms with van der Waals surface area (Å²) in [5.74, 6) is -0.131. The Hall–Kier alpha value is -1.67. The minimum atomic E-state index is -1.34. The molecule has 2 rings (SSSR count). The molecule has 19 heavy (non-hydrogen) atoms. The molecule has 1 fully saturated rings. The molecule has 0 aliphatic carbocycles. The number of nitrogens with one attached hydrogen (secondary N) is 1. The molecule has 7 nitrogen and oxygen atoms in total. The van der Waals surface area contributed by atoms with E-state index in [0.29, 0.717) is 5.69 Å². The van der Waals surface area contributed by atoms with Gasteiger partial charge in [-0.2, -0.15) is 0 Å². The van der Waals surface area contributed by atoms with E-state index in [1.54, 1.807) is 12.1 Å². The molecule has 5 N–H and O–H groups in total. The van der Waals surface area contributed by atoms with Crippen LogP contribution in [0.4, 0.5) is 5.69 Å². The van der Waals surface area contributed by atoms with Crippen LogP contribution in [0.15, 0.2) is 35.4 Å². The van der Waals surface area contributed by atoms with Gasteiger partial charge in [-0.3, -0.25) is 5.43 Å². The monoisotopic (exact) mass is 268 g/mol.